The number of hydrogen-bond donors (Lipinski definition) is 0. The third-order valence-electron chi connectivity index (χ3n) is 8.32. The first kappa shape index (κ1) is 39.0. The summed E-state index contributed by atoms with van der Waals surface area (Å²) in [5, 5.41) is 0. The molecular weight excluding hydrogens is 576 g/mol. The number of hydrogen-bond acceptors (Lipinski definition) is 6. The predicted molar refractivity (Wildman–Crippen MR) is 188 cm³/mol. The van der Waals surface area contributed by atoms with Crippen LogP contribution in [-0.2, 0) is 4.79 Å². The molecule has 0 spiro atoms. The molecule has 0 heterocycles. The topological polar surface area (TPSA) is 78.9 Å². The van der Waals surface area contributed by atoms with Gasteiger partial charge in [0.05, 0.1) is 12.2 Å². The molecule has 0 saturated heterocycles. The molecule has 0 N–H and O–H groups in total. The first-order chi connectivity index (χ1) is 22.5. The van der Waals surface area contributed by atoms with Crippen molar-refractivity contribution in [1.82, 2.24) is 0 Å². The van der Waals surface area contributed by atoms with Crippen LogP contribution < -0.4 is 19.6 Å². The maximum atomic E-state index is 12.7. The summed E-state index contributed by atoms with van der Waals surface area (Å²) in [5.74, 6) is -0.134. The van der Waals surface area contributed by atoms with Gasteiger partial charge in [-0.3, -0.25) is 9.59 Å². The summed E-state index contributed by atoms with van der Waals surface area (Å²) >= 11 is 0. The summed E-state index contributed by atoms with van der Waals surface area (Å²) in [7, 11) is 0. The average Bonchev–Trinajstić information content (AvgIpc) is 3.23. The van der Waals surface area contributed by atoms with E-state index in [9.17, 15) is 14.4 Å². The van der Waals surface area contributed by atoms with E-state index in [0.29, 0.717) is 12.2 Å². The molecule has 0 aliphatic carbocycles. The SMILES string of the molecule is CCCCCCCCCCCCCCOc1ccc(C(=O)Oc2ccc(OC(=O)CCCCCCCCCCC)c(=O)cc2)cc1. The Hall–Kier alpha value is -3.15. The second kappa shape index (κ2) is 26.0. The van der Waals surface area contributed by atoms with Crippen LogP contribution in [0.4, 0.5) is 0 Å². The quantitative estimate of drug-likeness (QED) is 0.0717. The van der Waals surface area contributed by atoms with Gasteiger partial charge in [-0.2, -0.15) is 0 Å². The van der Waals surface area contributed by atoms with E-state index < -0.39 is 17.4 Å². The Bertz CT molecular complexity index is 1140. The summed E-state index contributed by atoms with van der Waals surface area (Å²) in [5.41, 5.74) is -0.0726. The zero-order chi connectivity index (χ0) is 33.1. The van der Waals surface area contributed by atoms with Gasteiger partial charge in [0, 0.05) is 6.42 Å². The van der Waals surface area contributed by atoms with Crippen LogP contribution >= 0.6 is 0 Å². The van der Waals surface area contributed by atoms with Crippen molar-refractivity contribution in [3.63, 3.8) is 0 Å². The normalized spacial score (nSPS) is 10.9. The summed E-state index contributed by atoms with van der Waals surface area (Å²) in [6.07, 6.45) is 26.3. The number of esters is 2. The molecule has 0 amide bonds. The molecule has 0 aliphatic heterocycles. The van der Waals surface area contributed by atoms with Crippen LogP contribution in [0.1, 0.15) is 165 Å². The third kappa shape index (κ3) is 18.7. The van der Waals surface area contributed by atoms with E-state index >= 15 is 0 Å². The van der Waals surface area contributed by atoms with Gasteiger partial charge < -0.3 is 14.2 Å². The van der Waals surface area contributed by atoms with Gasteiger partial charge in [0.15, 0.2) is 5.75 Å². The Morgan fingerprint density at radius 1 is 0.500 bits per heavy atom. The van der Waals surface area contributed by atoms with Crippen molar-refractivity contribution in [2.75, 3.05) is 6.61 Å². The monoisotopic (exact) mass is 636 g/mol. The maximum absolute atomic E-state index is 12.7. The van der Waals surface area contributed by atoms with Crippen molar-refractivity contribution >= 4 is 11.9 Å². The van der Waals surface area contributed by atoms with E-state index in [2.05, 4.69) is 13.8 Å². The van der Waals surface area contributed by atoms with Gasteiger partial charge in [-0.25, -0.2) is 4.79 Å². The van der Waals surface area contributed by atoms with E-state index in [1.165, 1.54) is 133 Å². The van der Waals surface area contributed by atoms with Crippen molar-refractivity contribution in [2.24, 2.45) is 0 Å². The fourth-order valence-electron chi connectivity index (χ4n) is 5.43. The molecule has 0 aliphatic rings. The highest BCUT2D eigenvalue weighted by Gasteiger charge is 2.11. The van der Waals surface area contributed by atoms with Crippen molar-refractivity contribution in [3.05, 3.63) is 64.3 Å². The standard InChI is InChI=1S/C40H60O6/c1-3-5-7-9-11-13-14-15-17-19-21-23-33-44-35-27-25-34(26-28-35)40(43)45-36-29-31-37(41)38(32-30-36)46-39(42)24-22-20-18-16-12-10-8-6-4-2/h25-32H,3-24,33H2,1-2H3. The molecule has 0 atom stereocenters. The molecule has 46 heavy (non-hydrogen) atoms. The number of carbonyl (C=O) groups excluding carboxylic acids is 2. The lowest BCUT2D eigenvalue weighted by Crippen LogP contribution is -2.12. The van der Waals surface area contributed by atoms with Crippen LogP contribution in [0.5, 0.6) is 17.2 Å². The van der Waals surface area contributed by atoms with Crippen molar-refractivity contribution in [1.29, 1.82) is 0 Å². The highest BCUT2D eigenvalue weighted by molar-refractivity contribution is 5.91. The Balaban J connectivity index is 1.63. The minimum absolute atomic E-state index is 0.0714. The smallest absolute Gasteiger partial charge is 0.343 e. The maximum Gasteiger partial charge on any atom is 0.343 e. The number of benzene rings is 1. The largest absolute Gasteiger partial charge is 0.494 e. The van der Waals surface area contributed by atoms with Gasteiger partial charge in [-0.15, -0.1) is 0 Å². The summed E-state index contributed by atoms with van der Waals surface area (Å²) in [4.78, 5) is 37.4. The number of ether oxygens (including phenoxy) is 3. The van der Waals surface area contributed by atoms with Crippen LogP contribution in [0.15, 0.2) is 53.3 Å². The molecule has 2 aromatic carbocycles. The van der Waals surface area contributed by atoms with Gasteiger partial charge in [0.1, 0.15) is 11.5 Å². The molecule has 6 nitrogen and oxygen atoms in total. The summed E-state index contributed by atoms with van der Waals surface area (Å²) < 4.78 is 16.6. The Morgan fingerprint density at radius 2 is 0.957 bits per heavy atom. The fraction of sp³-hybridized carbons (Fsp3) is 0.625. The fourth-order valence-corrected chi connectivity index (χ4v) is 5.43. The van der Waals surface area contributed by atoms with Crippen molar-refractivity contribution in [2.45, 2.75) is 155 Å². The molecule has 0 radical (unpaired) electrons. The molecule has 2 rings (SSSR count). The van der Waals surface area contributed by atoms with Gasteiger partial charge >= 0.3 is 11.9 Å². The van der Waals surface area contributed by atoms with E-state index in [1.54, 1.807) is 24.3 Å². The molecule has 0 unspecified atom stereocenters. The molecule has 0 aromatic heterocycles. The van der Waals surface area contributed by atoms with Crippen LogP contribution in [0.3, 0.4) is 0 Å². The zero-order valence-electron chi connectivity index (χ0n) is 28.8. The second-order valence-electron chi connectivity index (χ2n) is 12.5. The van der Waals surface area contributed by atoms with E-state index in [4.69, 9.17) is 14.2 Å². The van der Waals surface area contributed by atoms with Crippen molar-refractivity contribution in [3.8, 4) is 17.2 Å². The van der Waals surface area contributed by atoms with E-state index in [-0.39, 0.29) is 17.9 Å². The van der Waals surface area contributed by atoms with Crippen LogP contribution in [-0.4, -0.2) is 18.5 Å². The molecule has 2 aromatic rings. The van der Waals surface area contributed by atoms with Gasteiger partial charge in [-0.05, 0) is 61.4 Å². The minimum atomic E-state index is -0.546. The Labute approximate surface area is 278 Å². The first-order valence-electron chi connectivity index (χ1n) is 18.3. The molecular formula is C40H60O6. The lowest BCUT2D eigenvalue weighted by molar-refractivity contribution is -0.134. The lowest BCUT2D eigenvalue weighted by atomic mass is 10.1. The summed E-state index contributed by atoms with van der Waals surface area (Å²) in [6.45, 7) is 5.14. The minimum Gasteiger partial charge on any atom is -0.494 e. The van der Waals surface area contributed by atoms with Crippen molar-refractivity contribution < 1.29 is 23.8 Å². The highest BCUT2D eigenvalue weighted by Crippen LogP contribution is 2.18. The molecule has 6 heteroatoms. The average molecular weight is 637 g/mol. The van der Waals surface area contributed by atoms with Crippen LogP contribution in [0.25, 0.3) is 0 Å². The number of unbranched alkanes of at least 4 members (excludes halogenated alkanes) is 19. The Kier molecular flexibility index (Phi) is 22.0. The Morgan fingerprint density at radius 3 is 1.50 bits per heavy atom. The first-order valence-corrected chi connectivity index (χ1v) is 18.3. The second-order valence-corrected chi connectivity index (χ2v) is 12.5. The third-order valence-corrected chi connectivity index (χ3v) is 8.32. The van der Waals surface area contributed by atoms with Crippen LogP contribution in [0, 0.1) is 0 Å². The molecule has 0 saturated carbocycles. The van der Waals surface area contributed by atoms with Crippen LogP contribution in [0.2, 0.25) is 0 Å². The van der Waals surface area contributed by atoms with E-state index in [1.807, 2.05) is 0 Å². The highest BCUT2D eigenvalue weighted by atomic mass is 16.5. The van der Waals surface area contributed by atoms with E-state index in [0.717, 1.165) is 31.4 Å². The molecule has 0 fully saturated rings. The number of carbonyl (C=O) groups is 2. The van der Waals surface area contributed by atoms with Gasteiger partial charge in [0.2, 0.25) is 5.43 Å². The van der Waals surface area contributed by atoms with Gasteiger partial charge in [-0.1, -0.05) is 136 Å². The van der Waals surface area contributed by atoms with Gasteiger partial charge in [0.25, 0.3) is 0 Å². The summed E-state index contributed by atoms with van der Waals surface area (Å²) in [6, 6.07) is 12.4. The number of rotatable bonds is 27. The predicted octanol–water partition coefficient (Wildman–Crippen LogP) is 11.2. The zero-order valence-corrected chi connectivity index (χ0v) is 28.8. The molecule has 0 bridgehead atoms. The lowest BCUT2D eigenvalue weighted by Gasteiger charge is -2.07. The molecule has 256 valence electrons.